The predicted molar refractivity (Wildman–Crippen MR) is 72.4 cm³/mol. The van der Waals surface area contributed by atoms with Gasteiger partial charge in [0.05, 0.1) is 23.7 Å². The number of nitrogens with zero attached hydrogens (tertiary/aromatic N) is 2. The normalized spacial score (nSPS) is 17.7. The van der Waals surface area contributed by atoms with E-state index in [-0.39, 0.29) is 11.7 Å². The maximum Gasteiger partial charge on any atom is 0.389 e. The average molecular weight is 325 g/mol. The molecule has 1 fully saturated rings. The number of sulfonamides is 1. The lowest BCUT2D eigenvalue weighted by molar-refractivity contribution is -0.134. The summed E-state index contributed by atoms with van der Waals surface area (Å²) in [5, 5.41) is 4.09. The predicted octanol–water partition coefficient (Wildman–Crippen LogP) is 2.94. The first kappa shape index (κ1) is 16.1. The van der Waals surface area contributed by atoms with Gasteiger partial charge in [-0.15, -0.1) is 0 Å². The van der Waals surface area contributed by atoms with Crippen LogP contribution in [0.2, 0.25) is 0 Å². The maximum atomic E-state index is 12.0. The average Bonchev–Trinajstić information content (AvgIpc) is 3.07. The van der Waals surface area contributed by atoms with Gasteiger partial charge in [-0.2, -0.15) is 18.3 Å². The first-order valence-corrected chi connectivity index (χ1v) is 8.43. The number of alkyl halides is 3. The summed E-state index contributed by atoms with van der Waals surface area (Å²) in [5.74, 6) is 0.0108. The van der Waals surface area contributed by atoms with Crippen molar-refractivity contribution >= 4 is 15.7 Å². The van der Waals surface area contributed by atoms with Crippen LogP contribution in [-0.4, -0.2) is 30.1 Å². The number of aromatic nitrogens is 2. The molecular weight excluding hydrogens is 307 g/mol. The Bertz CT molecular complexity index is 579. The van der Waals surface area contributed by atoms with Crippen LogP contribution in [-0.2, 0) is 10.0 Å². The van der Waals surface area contributed by atoms with Crippen molar-refractivity contribution in [1.29, 1.82) is 0 Å². The van der Waals surface area contributed by atoms with E-state index in [4.69, 9.17) is 0 Å². The number of nitrogens with one attached hydrogen (secondary N) is 1. The molecule has 120 valence electrons. The molecule has 2 rings (SSSR count). The number of rotatable bonds is 7. The molecule has 1 aliphatic rings. The quantitative estimate of drug-likeness (QED) is 0.838. The molecule has 1 aliphatic carbocycles. The van der Waals surface area contributed by atoms with Gasteiger partial charge in [0.2, 0.25) is 10.0 Å². The maximum absolute atomic E-state index is 12.0. The molecule has 0 saturated heterocycles. The molecule has 1 N–H and O–H groups in total. The summed E-state index contributed by atoms with van der Waals surface area (Å²) in [6, 6.07) is 0.202. The van der Waals surface area contributed by atoms with Gasteiger partial charge in [0.15, 0.2) is 0 Å². The molecule has 0 aromatic carbocycles. The van der Waals surface area contributed by atoms with E-state index in [9.17, 15) is 21.6 Å². The summed E-state index contributed by atoms with van der Waals surface area (Å²) < 4.78 is 63.3. The minimum Gasteiger partial charge on any atom is -0.280 e. The van der Waals surface area contributed by atoms with Gasteiger partial charge in [0.1, 0.15) is 0 Å². The highest BCUT2D eigenvalue weighted by atomic mass is 32.2. The van der Waals surface area contributed by atoms with Gasteiger partial charge in [-0.05, 0) is 32.1 Å². The van der Waals surface area contributed by atoms with Crippen LogP contribution >= 0.6 is 0 Å². The van der Waals surface area contributed by atoms with Crippen LogP contribution in [0.3, 0.4) is 0 Å². The van der Waals surface area contributed by atoms with E-state index in [2.05, 4.69) is 9.82 Å². The topological polar surface area (TPSA) is 64.0 Å². The van der Waals surface area contributed by atoms with E-state index in [1.165, 1.54) is 6.20 Å². The summed E-state index contributed by atoms with van der Waals surface area (Å²) in [6.45, 7) is 2.01. The van der Waals surface area contributed by atoms with Crippen LogP contribution in [0.15, 0.2) is 12.4 Å². The molecule has 1 atom stereocenters. The van der Waals surface area contributed by atoms with Gasteiger partial charge in [-0.1, -0.05) is 0 Å². The molecule has 1 aromatic heterocycles. The summed E-state index contributed by atoms with van der Waals surface area (Å²) in [4.78, 5) is 0. The molecule has 0 radical (unpaired) electrons. The van der Waals surface area contributed by atoms with Gasteiger partial charge < -0.3 is 0 Å². The van der Waals surface area contributed by atoms with Crippen molar-refractivity contribution in [2.24, 2.45) is 5.92 Å². The van der Waals surface area contributed by atoms with Crippen molar-refractivity contribution < 1.29 is 21.6 Å². The monoisotopic (exact) mass is 325 g/mol. The fraction of sp³-hybridized carbons (Fsp3) is 0.750. The first-order valence-electron chi connectivity index (χ1n) is 6.78. The van der Waals surface area contributed by atoms with E-state index >= 15 is 0 Å². The largest absolute Gasteiger partial charge is 0.389 e. The van der Waals surface area contributed by atoms with Gasteiger partial charge in [0.25, 0.3) is 0 Å². The molecule has 9 heteroatoms. The first-order chi connectivity index (χ1) is 9.66. The molecular formula is C12H18F3N3O2S. The van der Waals surface area contributed by atoms with Crippen LogP contribution in [0.5, 0.6) is 0 Å². The highest BCUT2D eigenvalue weighted by molar-refractivity contribution is 7.92. The lowest BCUT2D eigenvalue weighted by atomic mass is 10.2. The molecule has 1 heterocycles. The Morgan fingerprint density at radius 1 is 1.48 bits per heavy atom. The summed E-state index contributed by atoms with van der Waals surface area (Å²) in [7, 11) is -3.78. The van der Waals surface area contributed by atoms with Crippen molar-refractivity contribution in [2.45, 2.75) is 44.8 Å². The van der Waals surface area contributed by atoms with Crippen LogP contribution in [0.25, 0.3) is 0 Å². The molecule has 0 bridgehead atoms. The third kappa shape index (κ3) is 5.22. The van der Waals surface area contributed by atoms with E-state index in [1.54, 1.807) is 10.9 Å². The van der Waals surface area contributed by atoms with Crippen LogP contribution in [0.1, 0.15) is 38.6 Å². The highest BCUT2D eigenvalue weighted by Gasteiger charge is 2.30. The second kappa shape index (κ2) is 5.86. The number of anilines is 1. The molecule has 21 heavy (non-hydrogen) atoms. The Hall–Kier alpha value is -1.25. The highest BCUT2D eigenvalue weighted by Crippen LogP contribution is 2.39. The van der Waals surface area contributed by atoms with Gasteiger partial charge >= 0.3 is 6.18 Å². The third-order valence-corrected chi connectivity index (χ3v) is 4.84. The van der Waals surface area contributed by atoms with Crippen LogP contribution in [0.4, 0.5) is 18.9 Å². The second-order valence-electron chi connectivity index (χ2n) is 5.43. The molecule has 5 nitrogen and oxygen atoms in total. The Morgan fingerprint density at radius 2 is 2.14 bits per heavy atom. The van der Waals surface area contributed by atoms with Crippen molar-refractivity contribution in [3.63, 3.8) is 0 Å². The smallest absolute Gasteiger partial charge is 0.280 e. The second-order valence-corrected chi connectivity index (χ2v) is 7.27. The molecule has 0 spiro atoms. The van der Waals surface area contributed by atoms with E-state index in [0.717, 1.165) is 12.8 Å². The van der Waals surface area contributed by atoms with Gasteiger partial charge in [0, 0.05) is 12.6 Å². The minimum absolute atomic E-state index is 0.202. The zero-order chi connectivity index (χ0) is 15.7. The SMILES string of the molecule is C[C@H](C1CC1)n1cc(NS(=O)(=O)CCCC(F)(F)F)cn1. The van der Waals surface area contributed by atoms with Crippen molar-refractivity contribution in [2.75, 3.05) is 10.5 Å². The number of halogens is 3. The number of hydrogen-bond donors (Lipinski definition) is 1. The standard InChI is InChI=1S/C12H18F3N3O2S/c1-9(10-3-4-10)18-8-11(7-16-18)17-21(19,20)6-2-5-12(13,14)15/h7-10,17H,2-6H2,1H3/t9-/m1/s1. The van der Waals surface area contributed by atoms with Crippen molar-refractivity contribution in [3.8, 4) is 0 Å². The lowest BCUT2D eigenvalue weighted by Gasteiger charge is -2.10. The Labute approximate surface area is 121 Å². The van der Waals surface area contributed by atoms with E-state index in [0.29, 0.717) is 5.92 Å². The summed E-state index contributed by atoms with van der Waals surface area (Å²) >= 11 is 0. The minimum atomic E-state index is -4.33. The zero-order valence-electron chi connectivity index (χ0n) is 11.6. The van der Waals surface area contributed by atoms with Crippen LogP contribution in [0, 0.1) is 5.92 Å². The molecule has 0 unspecified atom stereocenters. The Morgan fingerprint density at radius 3 is 2.71 bits per heavy atom. The van der Waals surface area contributed by atoms with Crippen LogP contribution < -0.4 is 4.72 Å². The Kier molecular flexibility index (Phi) is 4.50. The van der Waals surface area contributed by atoms with Gasteiger partial charge in [-0.25, -0.2) is 8.42 Å². The molecule has 1 aromatic rings. The fourth-order valence-corrected chi connectivity index (χ4v) is 3.19. The number of hydrogen-bond acceptors (Lipinski definition) is 3. The summed E-state index contributed by atoms with van der Waals surface area (Å²) in [5.41, 5.74) is 0.287. The summed E-state index contributed by atoms with van der Waals surface area (Å²) in [6.07, 6.45) is -0.666. The lowest BCUT2D eigenvalue weighted by Crippen LogP contribution is -2.18. The Balaban J connectivity index is 1.88. The van der Waals surface area contributed by atoms with E-state index in [1.807, 2.05) is 6.92 Å². The van der Waals surface area contributed by atoms with E-state index < -0.39 is 34.8 Å². The fourth-order valence-electron chi connectivity index (χ4n) is 2.10. The van der Waals surface area contributed by atoms with Gasteiger partial charge in [-0.3, -0.25) is 9.40 Å². The third-order valence-electron chi connectivity index (χ3n) is 3.47. The molecule has 0 amide bonds. The molecule has 1 saturated carbocycles. The zero-order valence-corrected chi connectivity index (χ0v) is 12.4. The van der Waals surface area contributed by atoms with Crippen molar-refractivity contribution in [3.05, 3.63) is 12.4 Å². The van der Waals surface area contributed by atoms with Crippen molar-refractivity contribution in [1.82, 2.24) is 9.78 Å². The molecule has 0 aliphatic heterocycles.